The molecule has 2 aromatic heterocycles. The van der Waals surface area contributed by atoms with Gasteiger partial charge in [0.25, 0.3) is 5.91 Å². The van der Waals surface area contributed by atoms with Crippen molar-refractivity contribution in [3.63, 3.8) is 0 Å². The molecule has 9 heteroatoms. The number of nitrogens with zero attached hydrogens (tertiary/aromatic N) is 6. The van der Waals surface area contributed by atoms with E-state index in [2.05, 4.69) is 57.0 Å². The third kappa shape index (κ3) is 5.04. The molecular formula is C31H39N7O2. The first-order chi connectivity index (χ1) is 19.3. The molecule has 1 amide bonds. The fraction of sp³-hybridized carbons (Fsp3) is 0.484. The first-order valence-electron chi connectivity index (χ1n) is 14.1. The summed E-state index contributed by atoms with van der Waals surface area (Å²) >= 11 is 0. The normalized spacial score (nSPS) is 16.7. The van der Waals surface area contributed by atoms with E-state index in [-0.39, 0.29) is 17.4 Å². The van der Waals surface area contributed by atoms with Crippen LogP contribution in [0.1, 0.15) is 83.9 Å². The quantitative estimate of drug-likeness (QED) is 0.418. The zero-order valence-electron chi connectivity index (χ0n) is 24.2. The molecule has 1 atom stereocenters. The van der Waals surface area contributed by atoms with Crippen molar-refractivity contribution < 1.29 is 9.53 Å². The van der Waals surface area contributed by atoms with Gasteiger partial charge in [0, 0.05) is 55.8 Å². The smallest absolute Gasteiger partial charge is 0.254 e. The number of hydrogen-bond acceptors (Lipinski definition) is 7. The summed E-state index contributed by atoms with van der Waals surface area (Å²) in [6, 6.07) is 8.11. The number of aromatic nitrogens is 3. The molecule has 0 saturated heterocycles. The zero-order valence-corrected chi connectivity index (χ0v) is 24.2. The summed E-state index contributed by atoms with van der Waals surface area (Å²) in [7, 11) is 6.03. The second-order valence-electron chi connectivity index (χ2n) is 11.3. The summed E-state index contributed by atoms with van der Waals surface area (Å²) in [6.07, 6.45) is 9.74. The van der Waals surface area contributed by atoms with Crippen LogP contribution >= 0.6 is 0 Å². The van der Waals surface area contributed by atoms with Crippen LogP contribution in [0.2, 0.25) is 0 Å². The fourth-order valence-electron chi connectivity index (χ4n) is 6.58. The van der Waals surface area contributed by atoms with Crippen LogP contribution in [0, 0.1) is 11.3 Å². The Morgan fingerprint density at radius 2 is 2.00 bits per heavy atom. The number of carbonyl (C=O) groups excluding carboxylic acids is 1. The van der Waals surface area contributed by atoms with Crippen molar-refractivity contribution in [1.29, 1.82) is 5.26 Å². The van der Waals surface area contributed by atoms with Crippen LogP contribution in [0.5, 0.6) is 5.75 Å². The van der Waals surface area contributed by atoms with Gasteiger partial charge in [-0.2, -0.15) is 5.26 Å². The molecule has 3 aromatic rings. The maximum atomic E-state index is 14.4. The maximum Gasteiger partial charge on any atom is 0.254 e. The summed E-state index contributed by atoms with van der Waals surface area (Å²) in [5.74, 6) is 1.33. The van der Waals surface area contributed by atoms with Gasteiger partial charge in [-0.05, 0) is 63.5 Å². The third-order valence-electron chi connectivity index (χ3n) is 8.32. The van der Waals surface area contributed by atoms with Crippen molar-refractivity contribution in [3.8, 4) is 11.8 Å². The number of pyridine rings is 1. The lowest BCUT2D eigenvalue weighted by Gasteiger charge is -2.45. The molecular weight excluding hydrogens is 502 g/mol. The molecule has 1 N–H and O–H groups in total. The summed E-state index contributed by atoms with van der Waals surface area (Å²) in [5, 5.41) is 12.7. The minimum atomic E-state index is -0.268. The monoisotopic (exact) mass is 541 g/mol. The van der Waals surface area contributed by atoms with Gasteiger partial charge in [-0.25, -0.2) is 4.98 Å². The molecule has 2 aliphatic rings. The molecule has 1 saturated carbocycles. The minimum absolute atomic E-state index is 0.0328. The van der Waals surface area contributed by atoms with E-state index in [1.165, 1.54) is 11.1 Å². The molecule has 1 unspecified atom stereocenters. The standard InChI is InChI=1S/C31H39N7O2/c1-6-40-27-15-26(35-17-24(27)16-32)21(2)38-20-31(9-7-8-10-31)28-23(19-36(4)5)13-22(14-25(28)29(38)39)18-37-12-11-34-30(37)33-3/h11-15,17,21H,6-10,18-20H2,1-5H3,(H,33,34). The summed E-state index contributed by atoms with van der Waals surface area (Å²) in [5.41, 5.74) is 5.41. The Bertz CT molecular complexity index is 1430. The molecule has 3 heterocycles. The van der Waals surface area contributed by atoms with Gasteiger partial charge in [-0.1, -0.05) is 18.9 Å². The average Bonchev–Trinajstić information content (AvgIpc) is 3.59. The number of ether oxygens (including phenoxy) is 1. The van der Waals surface area contributed by atoms with E-state index in [0.29, 0.717) is 31.0 Å². The molecule has 5 rings (SSSR count). The molecule has 1 aromatic carbocycles. The van der Waals surface area contributed by atoms with Crippen molar-refractivity contribution in [2.75, 3.05) is 39.6 Å². The van der Waals surface area contributed by atoms with Gasteiger partial charge in [-0.3, -0.25) is 9.78 Å². The van der Waals surface area contributed by atoms with E-state index in [1.807, 2.05) is 38.1 Å². The Kier molecular flexibility index (Phi) is 7.81. The molecule has 0 radical (unpaired) electrons. The van der Waals surface area contributed by atoms with E-state index in [0.717, 1.165) is 55.0 Å². The van der Waals surface area contributed by atoms with Crippen molar-refractivity contribution in [3.05, 3.63) is 70.3 Å². The fourth-order valence-corrected chi connectivity index (χ4v) is 6.58. The van der Waals surface area contributed by atoms with Crippen LogP contribution in [0.15, 0.2) is 36.8 Å². The molecule has 1 aliphatic heterocycles. The highest BCUT2D eigenvalue weighted by Crippen LogP contribution is 2.49. The summed E-state index contributed by atoms with van der Waals surface area (Å²) in [4.78, 5) is 27.6. The predicted molar refractivity (Wildman–Crippen MR) is 154 cm³/mol. The van der Waals surface area contributed by atoms with E-state index in [1.54, 1.807) is 12.4 Å². The molecule has 1 fully saturated rings. The first-order valence-corrected chi connectivity index (χ1v) is 14.1. The van der Waals surface area contributed by atoms with E-state index >= 15 is 0 Å². The molecule has 1 aliphatic carbocycles. The van der Waals surface area contributed by atoms with Gasteiger partial charge in [0.2, 0.25) is 5.95 Å². The molecule has 40 heavy (non-hydrogen) atoms. The lowest BCUT2D eigenvalue weighted by molar-refractivity contribution is 0.0582. The summed E-state index contributed by atoms with van der Waals surface area (Å²) < 4.78 is 7.80. The average molecular weight is 542 g/mol. The second-order valence-corrected chi connectivity index (χ2v) is 11.3. The number of hydrogen-bond donors (Lipinski definition) is 1. The van der Waals surface area contributed by atoms with Gasteiger partial charge in [0.15, 0.2) is 0 Å². The van der Waals surface area contributed by atoms with Crippen LogP contribution in [-0.4, -0.2) is 64.5 Å². The SMILES string of the molecule is CCOc1cc(C(C)N2CC3(CCCC3)c3c(CN(C)C)cc(Cn4ccnc4NC)cc3C2=O)ncc1C#N. The highest BCUT2D eigenvalue weighted by molar-refractivity contribution is 5.98. The Labute approximate surface area is 236 Å². The number of anilines is 1. The second kappa shape index (κ2) is 11.3. The van der Waals surface area contributed by atoms with Crippen molar-refractivity contribution in [1.82, 2.24) is 24.3 Å². The Morgan fingerprint density at radius 3 is 2.67 bits per heavy atom. The number of fused-ring (bicyclic) bond motifs is 2. The highest BCUT2D eigenvalue weighted by atomic mass is 16.5. The number of imidazole rings is 1. The number of rotatable bonds is 9. The minimum Gasteiger partial charge on any atom is -0.492 e. The van der Waals surface area contributed by atoms with E-state index < -0.39 is 0 Å². The number of nitriles is 1. The van der Waals surface area contributed by atoms with Crippen LogP contribution in [0.3, 0.4) is 0 Å². The van der Waals surface area contributed by atoms with E-state index in [4.69, 9.17) is 4.74 Å². The molecule has 0 bridgehead atoms. The number of amides is 1. The van der Waals surface area contributed by atoms with Crippen LogP contribution in [0.25, 0.3) is 0 Å². The van der Waals surface area contributed by atoms with Crippen molar-refractivity contribution >= 4 is 11.9 Å². The van der Waals surface area contributed by atoms with Gasteiger partial charge in [0.05, 0.1) is 24.9 Å². The third-order valence-corrected chi connectivity index (χ3v) is 8.32. The number of carbonyl (C=O) groups is 1. The van der Waals surface area contributed by atoms with Gasteiger partial charge >= 0.3 is 0 Å². The van der Waals surface area contributed by atoms with Crippen LogP contribution in [0.4, 0.5) is 5.95 Å². The Balaban J connectivity index is 1.61. The van der Waals surface area contributed by atoms with Crippen LogP contribution in [-0.2, 0) is 18.5 Å². The van der Waals surface area contributed by atoms with E-state index in [9.17, 15) is 10.1 Å². The molecule has 1 spiro atoms. The largest absolute Gasteiger partial charge is 0.492 e. The lowest BCUT2D eigenvalue weighted by atomic mass is 9.70. The van der Waals surface area contributed by atoms with Gasteiger partial charge < -0.3 is 24.4 Å². The topological polar surface area (TPSA) is 99.3 Å². The van der Waals surface area contributed by atoms with Crippen molar-refractivity contribution in [2.24, 2.45) is 0 Å². The maximum absolute atomic E-state index is 14.4. The molecule has 9 nitrogen and oxygen atoms in total. The van der Waals surface area contributed by atoms with Crippen molar-refractivity contribution in [2.45, 2.75) is 64.1 Å². The number of benzene rings is 1. The first kappa shape index (κ1) is 27.7. The summed E-state index contributed by atoms with van der Waals surface area (Å²) in [6.45, 7) is 6.44. The Morgan fingerprint density at radius 1 is 1.23 bits per heavy atom. The van der Waals surface area contributed by atoms with Gasteiger partial charge in [-0.15, -0.1) is 0 Å². The highest BCUT2D eigenvalue weighted by Gasteiger charge is 2.47. The number of nitrogens with one attached hydrogen (secondary N) is 1. The van der Waals surface area contributed by atoms with Gasteiger partial charge in [0.1, 0.15) is 17.4 Å². The van der Waals surface area contributed by atoms with Crippen LogP contribution < -0.4 is 10.1 Å². The predicted octanol–water partition coefficient (Wildman–Crippen LogP) is 4.73. The Hall–Kier alpha value is -3.90. The molecule has 210 valence electrons. The lowest BCUT2D eigenvalue weighted by Crippen LogP contribution is -2.50. The zero-order chi connectivity index (χ0) is 28.4.